The average Bonchev–Trinajstić information content (AvgIpc) is 3.56. The van der Waals surface area contributed by atoms with Gasteiger partial charge in [-0.25, -0.2) is 4.98 Å². The molecule has 1 aliphatic rings. The molecule has 0 bridgehead atoms. The largest absolute Gasteiger partial charge is 0.349 e. The van der Waals surface area contributed by atoms with Crippen LogP contribution < -0.4 is 5.32 Å². The summed E-state index contributed by atoms with van der Waals surface area (Å²) >= 11 is 0. The van der Waals surface area contributed by atoms with E-state index in [-0.39, 0.29) is 11.9 Å². The zero-order chi connectivity index (χ0) is 26.1. The van der Waals surface area contributed by atoms with Crippen molar-refractivity contribution in [2.75, 3.05) is 0 Å². The van der Waals surface area contributed by atoms with Crippen molar-refractivity contribution >= 4 is 27.8 Å². The molecule has 0 saturated heterocycles. The van der Waals surface area contributed by atoms with Crippen LogP contribution >= 0.6 is 0 Å². The Morgan fingerprint density at radius 3 is 2.39 bits per heavy atom. The zero-order valence-electron chi connectivity index (χ0n) is 22.3. The quantitative estimate of drug-likeness (QED) is 0.252. The number of nitrogens with one attached hydrogen (secondary N) is 1. The van der Waals surface area contributed by atoms with E-state index in [0.29, 0.717) is 12.3 Å². The number of carbonyl (C=O) groups is 1. The van der Waals surface area contributed by atoms with Gasteiger partial charge in [0.05, 0.1) is 18.0 Å². The molecule has 4 heteroatoms. The van der Waals surface area contributed by atoms with Crippen molar-refractivity contribution in [2.24, 2.45) is 5.92 Å². The van der Waals surface area contributed by atoms with Crippen LogP contribution in [0.2, 0.25) is 0 Å². The van der Waals surface area contributed by atoms with E-state index in [2.05, 4.69) is 78.3 Å². The van der Waals surface area contributed by atoms with Crippen LogP contribution in [0, 0.1) is 19.8 Å². The third kappa shape index (κ3) is 4.83. The number of fused-ring (bicyclic) bond motifs is 3. The van der Waals surface area contributed by atoms with Crippen LogP contribution in [0.1, 0.15) is 59.7 Å². The van der Waals surface area contributed by atoms with Gasteiger partial charge in [0.2, 0.25) is 5.91 Å². The fraction of sp³-hybridized carbons (Fsp3) is 0.294. The van der Waals surface area contributed by atoms with Gasteiger partial charge in [0, 0.05) is 23.0 Å². The predicted molar refractivity (Wildman–Crippen MR) is 155 cm³/mol. The Bertz CT molecular complexity index is 1580. The van der Waals surface area contributed by atoms with Crippen LogP contribution in [-0.4, -0.2) is 15.5 Å². The van der Waals surface area contributed by atoms with Gasteiger partial charge in [0.15, 0.2) is 0 Å². The highest BCUT2D eigenvalue weighted by Gasteiger charge is 2.28. The number of hydrogen-bond donors (Lipinski definition) is 1. The van der Waals surface area contributed by atoms with Crippen LogP contribution in [0.25, 0.3) is 21.9 Å². The third-order valence-corrected chi connectivity index (χ3v) is 8.12. The molecule has 1 fully saturated rings. The Morgan fingerprint density at radius 2 is 1.63 bits per heavy atom. The molecule has 1 aliphatic carbocycles. The second kappa shape index (κ2) is 10.4. The van der Waals surface area contributed by atoms with E-state index in [4.69, 9.17) is 4.98 Å². The molecular weight excluding hydrogens is 466 g/mol. The molecule has 6 rings (SSSR count). The summed E-state index contributed by atoms with van der Waals surface area (Å²) < 4.78 is 2.34. The molecule has 38 heavy (non-hydrogen) atoms. The van der Waals surface area contributed by atoms with Gasteiger partial charge in [-0.15, -0.1) is 0 Å². The first-order valence-corrected chi connectivity index (χ1v) is 13.8. The Labute approximate surface area is 224 Å². The number of para-hydroxylation sites is 1. The number of carbonyl (C=O) groups excluding carboxylic acids is 1. The lowest BCUT2D eigenvalue weighted by Gasteiger charge is -2.25. The molecule has 1 unspecified atom stereocenters. The van der Waals surface area contributed by atoms with Crippen molar-refractivity contribution in [1.82, 2.24) is 14.9 Å². The van der Waals surface area contributed by atoms with Gasteiger partial charge in [0.1, 0.15) is 5.65 Å². The standard InChI is InChI=1S/C34H35N3O/c1-23-20-24(2)35-34-32(23)29-14-8-9-15-30(29)37(34)22-26-16-18-28(19-17-26)33(27-12-6-7-13-27)36-31(38)21-25-10-4-3-5-11-25/h3-5,8-11,14-20,27,33H,6-7,12-13,21-22H2,1-2H3,(H,36,38). The average molecular weight is 502 g/mol. The number of amides is 1. The van der Waals surface area contributed by atoms with Gasteiger partial charge in [0.25, 0.3) is 0 Å². The smallest absolute Gasteiger partial charge is 0.224 e. The highest BCUT2D eigenvalue weighted by atomic mass is 16.1. The van der Waals surface area contributed by atoms with E-state index < -0.39 is 0 Å². The van der Waals surface area contributed by atoms with Crippen molar-refractivity contribution in [2.45, 2.75) is 58.5 Å². The highest BCUT2D eigenvalue weighted by Crippen LogP contribution is 2.36. The van der Waals surface area contributed by atoms with Crippen molar-refractivity contribution < 1.29 is 4.79 Å². The Morgan fingerprint density at radius 1 is 0.921 bits per heavy atom. The number of benzene rings is 3. The Hall–Kier alpha value is -3.92. The maximum Gasteiger partial charge on any atom is 0.224 e. The van der Waals surface area contributed by atoms with Gasteiger partial charge in [-0.05, 0) is 67.0 Å². The van der Waals surface area contributed by atoms with E-state index in [1.807, 2.05) is 30.3 Å². The van der Waals surface area contributed by atoms with Gasteiger partial charge < -0.3 is 9.88 Å². The Kier molecular flexibility index (Phi) is 6.71. The minimum Gasteiger partial charge on any atom is -0.349 e. The van der Waals surface area contributed by atoms with Crippen molar-refractivity contribution in [3.05, 3.63) is 113 Å². The second-order valence-corrected chi connectivity index (χ2v) is 10.9. The summed E-state index contributed by atoms with van der Waals surface area (Å²) in [6.07, 6.45) is 5.25. The number of pyridine rings is 1. The van der Waals surface area contributed by atoms with Crippen molar-refractivity contribution in [3.8, 4) is 0 Å². The van der Waals surface area contributed by atoms with Gasteiger partial charge in [-0.3, -0.25) is 4.79 Å². The normalized spacial score (nSPS) is 14.8. The molecule has 1 saturated carbocycles. The zero-order valence-corrected chi connectivity index (χ0v) is 22.3. The highest BCUT2D eigenvalue weighted by molar-refractivity contribution is 6.08. The minimum atomic E-state index is 0.0583. The van der Waals surface area contributed by atoms with Gasteiger partial charge >= 0.3 is 0 Å². The SMILES string of the molecule is Cc1cc(C)c2c3ccccc3n(Cc3ccc(C(NC(=O)Cc4ccccc4)C4CCCC4)cc3)c2n1. The lowest BCUT2D eigenvalue weighted by molar-refractivity contribution is -0.121. The lowest BCUT2D eigenvalue weighted by atomic mass is 9.90. The summed E-state index contributed by atoms with van der Waals surface area (Å²) in [7, 11) is 0. The van der Waals surface area contributed by atoms with E-state index in [1.54, 1.807) is 0 Å². The molecule has 1 atom stereocenters. The van der Waals surface area contributed by atoms with Crippen LogP contribution in [-0.2, 0) is 17.8 Å². The topological polar surface area (TPSA) is 46.9 Å². The van der Waals surface area contributed by atoms with Crippen molar-refractivity contribution in [1.29, 1.82) is 0 Å². The summed E-state index contributed by atoms with van der Waals surface area (Å²) in [5.74, 6) is 0.590. The number of aryl methyl sites for hydroxylation is 2. The molecule has 2 aromatic heterocycles. The molecule has 1 amide bonds. The number of nitrogens with zero attached hydrogens (tertiary/aromatic N) is 2. The minimum absolute atomic E-state index is 0.0583. The fourth-order valence-electron chi connectivity index (χ4n) is 6.32. The first-order chi connectivity index (χ1) is 18.6. The summed E-state index contributed by atoms with van der Waals surface area (Å²) in [6, 6.07) is 29.7. The molecule has 0 spiro atoms. The van der Waals surface area contributed by atoms with Crippen LogP contribution in [0.15, 0.2) is 84.9 Å². The lowest BCUT2D eigenvalue weighted by Crippen LogP contribution is -2.33. The first kappa shape index (κ1) is 24.4. The van der Waals surface area contributed by atoms with E-state index in [0.717, 1.165) is 23.4 Å². The number of aromatic nitrogens is 2. The maximum absolute atomic E-state index is 13.0. The van der Waals surface area contributed by atoms with E-state index >= 15 is 0 Å². The third-order valence-electron chi connectivity index (χ3n) is 8.12. The predicted octanol–water partition coefficient (Wildman–Crippen LogP) is 7.44. The van der Waals surface area contributed by atoms with Crippen molar-refractivity contribution in [3.63, 3.8) is 0 Å². The van der Waals surface area contributed by atoms with Crippen LogP contribution in [0.4, 0.5) is 0 Å². The number of rotatable bonds is 7. The van der Waals surface area contributed by atoms with Gasteiger partial charge in [-0.2, -0.15) is 0 Å². The second-order valence-electron chi connectivity index (χ2n) is 10.9. The molecule has 5 aromatic rings. The number of hydrogen-bond acceptors (Lipinski definition) is 2. The molecule has 2 heterocycles. The summed E-state index contributed by atoms with van der Waals surface area (Å²) in [4.78, 5) is 18.0. The molecule has 1 N–H and O–H groups in total. The monoisotopic (exact) mass is 501 g/mol. The maximum atomic E-state index is 13.0. The first-order valence-electron chi connectivity index (χ1n) is 13.8. The summed E-state index contributed by atoms with van der Waals surface area (Å²) in [5.41, 5.74) is 8.06. The van der Waals surface area contributed by atoms with E-state index in [9.17, 15) is 4.79 Å². The fourth-order valence-corrected chi connectivity index (χ4v) is 6.32. The van der Waals surface area contributed by atoms with E-state index in [1.165, 1.54) is 58.7 Å². The molecule has 3 aromatic carbocycles. The molecule has 0 radical (unpaired) electrons. The van der Waals surface area contributed by atoms with Gasteiger partial charge in [-0.1, -0.05) is 85.6 Å². The van der Waals surface area contributed by atoms with Crippen LogP contribution in [0.5, 0.6) is 0 Å². The van der Waals surface area contributed by atoms with Crippen LogP contribution in [0.3, 0.4) is 0 Å². The summed E-state index contributed by atoms with van der Waals surface area (Å²) in [5, 5.41) is 5.89. The summed E-state index contributed by atoms with van der Waals surface area (Å²) in [6.45, 7) is 5.00. The molecular formula is C34H35N3O. The Balaban J connectivity index is 1.28. The molecule has 192 valence electrons. The molecule has 0 aliphatic heterocycles. The molecule has 4 nitrogen and oxygen atoms in total.